The number of nitrogens with one attached hydrogen (secondary N) is 1. The van der Waals surface area contributed by atoms with E-state index in [9.17, 15) is 14.9 Å². The molecular weight excluding hydrogens is 366 g/mol. The van der Waals surface area contributed by atoms with Crippen LogP contribution in [0.1, 0.15) is 24.8 Å². The van der Waals surface area contributed by atoms with Crippen LogP contribution in [-0.4, -0.2) is 38.1 Å². The summed E-state index contributed by atoms with van der Waals surface area (Å²) in [6.45, 7) is 1.39. The molecule has 0 aliphatic carbocycles. The van der Waals surface area contributed by atoms with Crippen molar-refractivity contribution >= 4 is 17.5 Å². The van der Waals surface area contributed by atoms with Crippen molar-refractivity contribution in [2.24, 2.45) is 0 Å². The van der Waals surface area contributed by atoms with Crippen molar-refractivity contribution in [3.05, 3.63) is 60.2 Å². The van der Waals surface area contributed by atoms with E-state index >= 15 is 0 Å². The number of likely N-dealkylation sites (tertiary alicyclic amines) is 1. The van der Waals surface area contributed by atoms with E-state index in [0.29, 0.717) is 37.4 Å². The minimum absolute atomic E-state index is 0.153. The lowest BCUT2D eigenvalue weighted by molar-refractivity contribution is -0.920. The second kappa shape index (κ2) is 7.69. The van der Waals surface area contributed by atoms with Gasteiger partial charge in [-0.2, -0.15) is 5.26 Å². The standard InChI is InChI=1S/C23H23N3O3/c1-29-19-9-7-18(8-10-19)26-21(27)15-20(22(26)28)25-13-11-23(16-24,12-14-25)17-5-3-2-4-6-17/h2-10,20H,11-15H2,1H3/p+1/t20-/m1/s1. The van der Waals surface area contributed by atoms with Gasteiger partial charge in [0.05, 0.1) is 43.8 Å². The van der Waals surface area contributed by atoms with Gasteiger partial charge in [0.2, 0.25) is 5.91 Å². The van der Waals surface area contributed by atoms with Gasteiger partial charge in [0.1, 0.15) is 5.75 Å². The summed E-state index contributed by atoms with van der Waals surface area (Å²) in [4.78, 5) is 28.1. The van der Waals surface area contributed by atoms with Crippen LogP contribution >= 0.6 is 0 Å². The fourth-order valence-corrected chi connectivity index (χ4v) is 4.52. The molecule has 0 unspecified atom stereocenters. The largest absolute Gasteiger partial charge is 0.497 e. The van der Waals surface area contributed by atoms with Crippen LogP contribution in [-0.2, 0) is 15.0 Å². The Morgan fingerprint density at radius 3 is 2.31 bits per heavy atom. The molecule has 2 aromatic carbocycles. The Hall–Kier alpha value is -3.17. The summed E-state index contributed by atoms with van der Waals surface area (Å²) in [5, 5.41) is 9.88. The number of amides is 2. The highest BCUT2D eigenvalue weighted by Crippen LogP contribution is 2.32. The molecule has 2 heterocycles. The van der Waals surface area contributed by atoms with E-state index < -0.39 is 5.41 Å². The van der Waals surface area contributed by atoms with Gasteiger partial charge in [-0.15, -0.1) is 0 Å². The van der Waals surface area contributed by atoms with Crippen molar-refractivity contribution in [1.82, 2.24) is 0 Å². The van der Waals surface area contributed by atoms with Gasteiger partial charge in [0.25, 0.3) is 5.91 Å². The van der Waals surface area contributed by atoms with Crippen molar-refractivity contribution in [1.29, 1.82) is 5.26 Å². The van der Waals surface area contributed by atoms with Crippen molar-refractivity contribution in [3.63, 3.8) is 0 Å². The lowest BCUT2D eigenvalue weighted by atomic mass is 9.74. The van der Waals surface area contributed by atoms with Crippen LogP contribution in [0.2, 0.25) is 0 Å². The number of rotatable bonds is 4. The van der Waals surface area contributed by atoms with Crippen LogP contribution in [0.5, 0.6) is 5.75 Å². The summed E-state index contributed by atoms with van der Waals surface area (Å²) < 4.78 is 5.15. The summed E-state index contributed by atoms with van der Waals surface area (Å²) in [6, 6.07) is 19.0. The second-order valence-electron chi connectivity index (χ2n) is 7.74. The van der Waals surface area contributed by atoms with Gasteiger partial charge >= 0.3 is 0 Å². The highest BCUT2D eigenvalue weighted by molar-refractivity contribution is 6.21. The average Bonchev–Trinajstić information content (AvgIpc) is 3.08. The molecule has 29 heavy (non-hydrogen) atoms. The molecule has 148 valence electrons. The number of hydrogen-bond acceptors (Lipinski definition) is 4. The first-order valence-electron chi connectivity index (χ1n) is 9.90. The Balaban J connectivity index is 1.48. The molecule has 1 atom stereocenters. The molecule has 2 aromatic rings. The third-order valence-corrected chi connectivity index (χ3v) is 6.26. The predicted octanol–water partition coefficient (Wildman–Crippen LogP) is 1.47. The minimum Gasteiger partial charge on any atom is -0.497 e. The molecule has 2 saturated heterocycles. The Kier molecular flexibility index (Phi) is 5.08. The Morgan fingerprint density at radius 2 is 1.72 bits per heavy atom. The minimum atomic E-state index is -0.508. The molecule has 2 aliphatic rings. The summed E-state index contributed by atoms with van der Waals surface area (Å²) in [5.41, 5.74) is 1.11. The molecule has 0 spiro atoms. The molecule has 0 saturated carbocycles. The van der Waals surface area contributed by atoms with Crippen LogP contribution in [0.3, 0.4) is 0 Å². The highest BCUT2D eigenvalue weighted by atomic mass is 16.5. The topological polar surface area (TPSA) is 74.8 Å². The first kappa shape index (κ1) is 19.2. The van der Waals surface area contributed by atoms with Crippen LogP contribution in [0.4, 0.5) is 5.69 Å². The summed E-state index contributed by atoms with van der Waals surface area (Å²) in [6.07, 6.45) is 1.58. The molecule has 0 aromatic heterocycles. The molecule has 0 bridgehead atoms. The smallest absolute Gasteiger partial charge is 0.292 e. The highest BCUT2D eigenvalue weighted by Gasteiger charge is 2.49. The number of nitriles is 1. The van der Waals surface area contributed by atoms with Crippen molar-refractivity contribution in [2.45, 2.75) is 30.7 Å². The molecule has 6 nitrogen and oxygen atoms in total. The van der Waals surface area contributed by atoms with Crippen molar-refractivity contribution in [3.8, 4) is 11.8 Å². The number of carbonyl (C=O) groups is 2. The summed E-state index contributed by atoms with van der Waals surface area (Å²) in [7, 11) is 1.58. The number of hydrogen-bond donors (Lipinski definition) is 1. The maximum Gasteiger partial charge on any atom is 0.292 e. The number of nitrogens with zero attached hydrogens (tertiary/aromatic N) is 2. The zero-order valence-electron chi connectivity index (χ0n) is 16.4. The molecule has 2 aliphatic heterocycles. The average molecular weight is 390 g/mol. The lowest BCUT2D eigenvalue weighted by Crippen LogP contribution is -3.18. The number of quaternary nitrogens is 1. The number of piperidine rings is 1. The number of benzene rings is 2. The van der Waals surface area contributed by atoms with Crippen molar-refractivity contribution in [2.75, 3.05) is 25.1 Å². The normalized spacial score (nSPS) is 27.0. The fraction of sp³-hybridized carbons (Fsp3) is 0.348. The Labute approximate surface area is 170 Å². The number of methoxy groups -OCH3 is 1. The van der Waals surface area contributed by atoms with E-state index in [4.69, 9.17) is 4.74 Å². The third kappa shape index (κ3) is 3.39. The van der Waals surface area contributed by atoms with Gasteiger partial charge in [-0.05, 0) is 29.8 Å². The van der Waals surface area contributed by atoms with Gasteiger partial charge in [0.15, 0.2) is 6.04 Å². The van der Waals surface area contributed by atoms with E-state index in [1.165, 1.54) is 4.90 Å². The van der Waals surface area contributed by atoms with E-state index in [2.05, 4.69) is 6.07 Å². The summed E-state index contributed by atoms with van der Waals surface area (Å²) in [5.74, 6) is 0.358. The van der Waals surface area contributed by atoms with E-state index in [-0.39, 0.29) is 24.3 Å². The SMILES string of the molecule is COc1ccc(N2C(=O)C[C@@H]([NH+]3CCC(C#N)(c4ccccc4)CC3)C2=O)cc1. The third-order valence-electron chi connectivity index (χ3n) is 6.26. The van der Waals surface area contributed by atoms with Gasteiger partial charge in [-0.25, -0.2) is 4.90 Å². The van der Waals surface area contributed by atoms with Gasteiger partial charge < -0.3 is 9.64 Å². The number of carbonyl (C=O) groups excluding carboxylic acids is 2. The van der Waals surface area contributed by atoms with Crippen LogP contribution < -0.4 is 14.5 Å². The molecule has 4 rings (SSSR count). The molecular formula is C23H24N3O3+. The maximum atomic E-state index is 13.1. The number of imide groups is 1. The quantitative estimate of drug-likeness (QED) is 0.803. The zero-order valence-corrected chi connectivity index (χ0v) is 16.4. The van der Waals surface area contributed by atoms with Crippen LogP contribution in [0, 0.1) is 11.3 Å². The Bertz CT molecular complexity index is 942. The Morgan fingerprint density at radius 1 is 1.07 bits per heavy atom. The molecule has 0 radical (unpaired) electrons. The lowest BCUT2D eigenvalue weighted by Gasteiger charge is -2.37. The van der Waals surface area contributed by atoms with Crippen LogP contribution in [0.15, 0.2) is 54.6 Å². The monoisotopic (exact) mass is 390 g/mol. The van der Waals surface area contributed by atoms with Gasteiger partial charge in [0, 0.05) is 12.8 Å². The summed E-state index contributed by atoms with van der Waals surface area (Å²) >= 11 is 0. The molecule has 1 N–H and O–H groups in total. The fourth-order valence-electron chi connectivity index (χ4n) is 4.52. The number of ether oxygens (including phenoxy) is 1. The van der Waals surface area contributed by atoms with Gasteiger partial charge in [-0.3, -0.25) is 9.59 Å². The molecule has 6 heteroatoms. The first-order valence-corrected chi connectivity index (χ1v) is 9.90. The maximum absolute atomic E-state index is 13.1. The van der Waals surface area contributed by atoms with E-state index in [1.54, 1.807) is 31.4 Å². The second-order valence-corrected chi connectivity index (χ2v) is 7.74. The van der Waals surface area contributed by atoms with Crippen LogP contribution in [0.25, 0.3) is 0 Å². The first-order chi connectivity index (χ1) is 14.1. The van der Waals surface area contributed by atoms with Gasteiger partial charge in [-0.1, -0.05) is 30.3 Å². The van der Waals surface area contributed by atoms with E-state index in [1.807, 2.05) is 30.3 Å². The zero-order chi connectivity index (χ0) is 20.4. The molecule has 2 amide bonds. The molecule has 2 fully saturated rings. The number of anilines is 1. The van der Waals surface area contributed by atoms with Crippen molar-refractivity contribution < 1.29 is 19.2 Å². The predicted molar refractivity (Wildman–Crippen MR) is 108 cm³/mol. The van der Waals surface area contributed by atoms with E-state index in [0.717, 1.165) is 10.5 Å².